The van der Waals surface area contributed by atoms with E-state index < -0.39 is 0 Å². The smallest absolute Gasteiger partial charge is 0.171 e. The Kier molecular flexibility index (Phi) is 2.79. The van der Waals surface area contributed by atoms with E-state index in [0.717, 1.165) is 18.4 Å². The minimum absolute atomic E-state index is 0.0695. The maximum absolute atomic E-state index is 13.5. The summed E-state index contributed by atoms with van der Waals surface area (Å²) in [6, 6.07) is 7.27. The minimum atomic E-state index is -0.186. The molecule has 3 N–H and O–H groups in total. The second-order valence-corrected chi connectivity index (χ2v) is 6.19. The lowest BCUT2D eigenvalue weighted by Crippen LogP contribution is -3.19. The van der Waals surface area contributed by atoms with Gasteiger partial charge in [-0.1, -0.05) is 12.1 Å². The van der Waals surface area contributed by atoms with Crippen LogP contribution >= 0.6 is 12.2 Å². The Morgan fingerprint density at radius 2 is 2.05 bits per heavy atom. The second-order valence-electron chi connectivity index (χ2n) is 5.78. The summed E-state index contributed by atoms with van der Waals surface area (Å²) in [5, 5.41) is 7.35. The van der Waals surface area contributed by atoms with Crippen molar-refractivity contribution < 1.29 is 9.29 Å². The number of thiocarbonyl (C=S) groups is 1. The number of quaternary nitrogens is 1. The van der Waals surface area contributed by atoms with Crippen molar-refractivity contribution >= 4 is 17.3 Å². The van der Waals surface area contributed by atoms with Crippen LogP contribution < -0.4 is 15.5 Å². The Morgan fingerprint density at radius 3 is 2.80 bits per heavy atom. The average Bonchev–Trinajstić information content (AvgIpc) is 2.47. The van der Waals surface area contributed by atoms with Crippen LogP contribution in [0.5, 0.6) is 0 Å². The van der Waals surface area contributed by atoms with Crippen LogP contribution in [0.25, 0.3) is 0 Å². The number of nitrogens with one attached hydrogen (secondary N) is 3. The summed E-state index contributed by atoms with van der Waals surface area (Å²) in [4.78, 5) is 1.58. The summed E-state index contributed by atoms with van der Waals surface area (Å²) in [5.41, 5.74) is 3.78. The van der Waals surface area contributed by atoms with Gasteiger partial charge in [-0.15, -0.1) is 0 Å². The highest BCUT2D eigenvalue weighted by molar-refractivity contribution is 7.80. The van der Waals surface area contributed by atoms with Gasteiger partial charge in [0.2, 0.25) is 0 Å². The van der Waals surface area contributed by atoms with Gasteiger partial charge in [-0.05, 0) is 35.5 Å². The molecule has 5 rings (SSSR count). The van der Waals surface area contributed by atoms with Crippen molar-refractivity contribution in [3.63, 3.8) is 0 Å². The maximum atomic E-state index is 13.5. The summed E-state index contributed by atoms with van der Waals surface area (Å²) in [5.74, 6) is -0.186. The fourth-order valence-electron chi connectivity index (χ4n) is 3.80. The van der Waals surface area contributed by atoms with Gasteiger partial charge < -0.3 is 15.5 Å². The molecule has 1 aromatic rings. The molecule has 0 amide bonds. The first-order valence-corrected chi connectivity index (χ1v) is 7.52. The van der Waals surface area contributed by atoms with E-state index in [1.54, 1.807) is 17.0 Å². The van der Waals surface area contributed by atoms with Gasteiger partial charge in [0.05, 0.1) is 18.8 Å². The Morgan fingerprint density at radius 1 is 1.25 bits per heavy atom. The summed E-state index contributed by atoms with van der Waals surface area (Å²) in [6.07, 6.45) is 2.32. The molecule has 0 saturated carbocycles. The van der Waals surface area contributed by atoms with Gasteiger partial charge in [0.25, 0.3) is 0 Å². The first kappa shape index (κ1) is 12.3. The third kappa shape index (κ3) is 1.84. The van der Waals surface area contributed by atoms with Gasteiger partial charge in [0.15, 0.2) is 11.2 Å². The zero-order valence-corrected chi connectivity index (χ0v) is 11.9. The van der Waals surface area contributed by atoms with Gasteiger partial charge in [0, 0.05) is 12.8 Å². The average molecular weight is 290 g/mol. The van der Waals surface area contributed by atoms with Crippen molar-refractivity contribution in [2.45, 2.75) is 24.9 Å². The molecule has 1 aromatic carbocycles. The molecule has 3 nitrogen and oxygen atoms in total. The van der Waals surface area contributed by atoms with E-state index in [0.29, 0.717) is 11.2 Å². The van der Waals surface area contributed by atoms with E-state index in [2.05, 4.69) is 10.6 Å². The third-order valence-corrected chi connectivity index (χ3v) is 4.92. The van der Waals surface area contributed by atoms with Crippen LogP contribution in [0.1, 0.15) is 24.4 Å². The Balaban J connectivity index is 1.79. The molecule has 0 aromatic heterocycles. The molecule has 5 heteroatoms. The summed E-state index contributed by atoms with van der Waals surface area (Å²) >= 11 is 5.34. The van der Waals surface area contributed by atoms with E-state index >= 15 is 0 Å². The van der Waals surface area contributed by atoms with Gasteiger partial charge >= 0.3 is 0 Å². The number of rotatable bonds is 1. The molecule has 0 spiro atoms. The van der Waals surface area contributed by atoms with Crippen molar-refractivity contribution in [3.05, 3.63) is 46.9 Å². The standard InChI is InChI=1S/C15H16FN3S/c16-11-3-1-2-10(8-11)13-14-12(17-15(20)18-13)9-4-6-19(14)7-5-9/h1-3,8,13-14H,4-7H2,(H2,17,18,20)/p+1. The molecule has 4 aliphatic rings. The normalized spacial score (nSPS) is 31.6. The van der Waals surface area contributed by atoms with Crippen LogP contribution in [0.4, 0.5) is 4.39 Å². The topological polar surface area (TPSA) is 28.5 Å². The van der Waals surface area contributed by atoms with E-state index in [-0.39, 0.29) is 11.9 Å². The van der Waals surface area contributed by atoms with Crippen LogP contribution in [0.3, 0.4) is 0 Å². The van der Waals surface area contributed by atoms with Crippen molar-refractivity contribution in [3.8, 4) is 0 Å². The quantitative estimate of drug-likeness (QED) is 0.664. The predicted molar refractivity (Wildman–Crippen MR) is 78.8 cm³/mol. The molecule has 2 fully saturated rings. The predicted octanol–water partition coefficient (Wildman–Crippen LogP) is 0.659. The first-order chi connectivity index (χ1) is 9.72. The van der Waals surface area contributed by atoms with Gasteiger partial charge in [-0.25, -0.2) is 4.39 Å². The molecule has 2 bridgehead atoms. The Bertz CT molecular complexity index is 603. The number of piperidine rings is 1. The lowest BCUT2D eigenvalue weighted by atomic mass is 9.83. The van der Waals surface area contributed by atoms with Crippen LogP contribution in [0.15, 0.2) is 35.5 Å². The highest BCUT2D eigenvalue weighted by Crippen LogP contribution is 2.30. The molecule has 0 aliphatic carbocycles. The lowest BCUT2D eigenvalue weighted by Gasteiger charge is -2.47. The molecule has 2 saturated heterocycles. The number of fused-ring (bicyclic) bond motifs is 2. The van der Waals surface area contributed by atoms with E-state index in [9.17, 15) is 4.39 Å². The Hall–Kier alpha value is -1.46. The van der Waals surface area contributed by atoms with E-state index in [1.807, 2.05) is 6.07 Å². The van der Waals surface area contributed by atoms with E-state index in [4.69, 9.17) is 12.2 Å². The fraction of sp³-hybridized carbons (Fsp3) is 0.400. The highest BCUT2D eigenvalue weighted by Gasteiger charge is 2.46. The molecule has 2 atom stereocenters. The van der Waals surface area contributed by atoms with Crippen LogP contribution in [0.2, 0.25) is 0 Å². The molecular formula is C15H17FN3S+. The van der Waals surface area contributed by atoms with Crippen molar-refractivity contribution in [2.75, 3.05) is 13.1 Å². The number of benzene rings is 1. The molecule has 104 valence electrons. The van der Waals surface area contributed by atoms with Gasteiger partial charge in [0.1, 0.15) is 11.9 Å². The van der Waals surface area contributed by atoms with Crippen LogP contribution in [-0.2, 0) is 0 Å². The molecule has 4 heterocycles. The van der Waals surface area contributed by atoms with Crippen molar-refractivity contribution in [1.29, 1.82) is 0 Å². The van der Waals surface area contributed by atoms with Crippen molar-refractivity contribution in [2.24, 2.45) is 0 Å². The Labute approximate surface area is 122 Å². The zero-order chi connectivity index (χ0) is 13.7. The highest BCUT2D eigenvalue weighted by atomic mass is 32.1. The molecular weight excluding hydrogens is 273 g/mol. The number of hydrogen-bond acceptors (Lipinski definition) is 1. The molecule has 2 unspecified atom stereocenters. The van der Waals surface area contributed by atoms with E-state index in [1.165, 1.54) is 30.4 Å². The molecule has 4 aliphatic heterocycles. The molecule has 20 heavy (non-hydrogen) atoms. The summed E-state index contributed by atoms with van der Waals surface area (Å²) in [6.45, 7) is 2.34. The van der Waals surface area contributed by atoms with Gasteiger partial charge in [-0.2, -0.15) is 0 Å². The summed E-state index contributed by atoms with van der Waals surface area (Å²) in [7, 11) is 0. The second kappa shape index (κ2) is 4.53. The third-order valence-electron chi connectivity index (χ3n) is 4.70. The molecule has 0 radical (unpaired) electrons. The lowest BCUT2D eigenvalue weighted by molar-refractivity contribution is -0.929. The largest absolute Gasteiger partial charge is 0.349 e. The minimum Gasteiger partial charge on any atom is -0.349 e. The number of hydrogen-bond donors (Lipinski definition) is 3. The zero-order valence-electron chi connectivity index (χ0n) is 11.1. The van der Waals surface area contributed by atoms with Crippen LogP contribution in [-0.4, -0.2) is 24.2 Å². The first-order valence-electron chi connectivity index (χ1n) is 7.12. The van der Waals surface area contributed by atoms with Crippen molar-refractivity contribution in [1.82, 2.24) is 10.6 Å². The maximum Gasteiger partial charge on any atom is 0.171 e. The SMILES string of the molecule is Fc1cccc(C2NC(=S)NC3=C4CC[NH+](CC4)C32)c1. The van der Waals surface area contributed by atoms with Crippen LogP contribution in [0, 0.1) is 5.82 Å². The summed E-state index contributed by atoms with van der Waals surface area (Å²) < 4.78 is 13.5. The monoisotopic (exact) mass is 290 g/mol. The van der Waals surface area contributed by atoms with Gasteiger partial charge in [-0.3, -0.25) is 0 Å². The number of halogens is 1. The fourth-order valence-corrected chi connectivity index (χ4v) is 4.04.